The van der Waals surface area contributed by atoms with Gasteiger partial charge in [-0.05, 0) is 6.92 Å². The van der Waals surface area contributed by atoms with Crippen molar-refractivity contribution in [3.63, 3.8) is 0 Å². The Morgan fingerprint density at radius 3 is 2.20 bits per heavy atom. The summed E-state index contributed by atoms with van der Waals surface area (Å²) in [6.45, 7) is 5.17. The minimum atomic E-state index is -0.0370. The molecule has 0 unspecified atom stereocenters. The molecule has 0 radical (unpaired) electrons. The lowest BCUT2D eigenvalue weighted by atomic mass is 10.2. The van der Waals surface area contributed by atoms with Gasteiger partial charge >= 0.3 is 0 Å². The van der Waals surface area contributed by atoms with Gasteiger partial charge in [-0.25, -0.2) is 0 Å². The lowest BCUT2D eigenvalue weighted by Gasteiger charge is -1.88. The molecule has 3 nitrogen and oxygen atoms in total. The van der Waals surface area contributed by atoms with Crippen LogP contribution in [0.3, 0.4) is 0 Å². The Morgan fingerprint density at radius 2 is 2.00 bits per heavy atom. The minimum absolute atomic E-state index is 0.00704. The van der Waals surface area contributed by atoms with Gasteiger partial charge in [-0.2, -0.15) is 0 Å². The molecule has 54 valence electrons. The van der Waals surface area contributed by atoms with Crippen LogP contribution in [0.5, 0.6) is 11.8 Å². The molecule has 1 aromatic rings. The fourth-order valence-corrected chi connectivity index (χ4v) is 0.828. The Morgan fingerprint density at radius 1 is 1.40 bits per heavy atom. The van der Waals surface area contributed by atoms with Gasteiger partial charge in [0.1, 0.15) is 0 Å². The topological polar surface area (TPSA) is 56.2 Å². The first kappa shape index (κ1) is 6.74. The highest BCUT2D eigenvalue weighted by molar-refractivity contribution is 5.60. The van der Waals surface area contributed by atoms with Crippen molar-refractivity contribution in [2.24, 2.45) is 0 Å². The summed E-state index contributed by atoms with van der Waals surface area (Å²) < 4.78 is 0. The third-order valence-corrected chi connectivity index (χ3v) is 1.46. The van der Waals surface area contributed by atoms with Crippen molar-refractivity contribution in [3.05, 3.63) is 17.7 Å². The molecule has 1 aromatic heterocycles. The van der Waals surface area contributed by atoms with E-state index in [0.717, 1.165) is 0 Å². The van der Waals surface area contributed by atoms with Crippen molar-refractivity contribution in [3.8, 4) is 11.8 Å². The molecule has 0 amide bonds. The number of aromatic nitrogens is 1. The highest BCUT2D eigenvalue weighted by Crippen LogP contribution is 2.28. The molecule has 0 aliphatic carbocycles. The van der Waals surface area contributed by atoms with Gasteiger partial charge in [0.25, 0.3) is 0 Å². The van der Waals surface area contributed by atoms with Gasteiger partial charge in [-0.15, -0.1) is 0 Å². The summed E-state index contributed by atoms with van der Waals surface area (Å²) in [7, 11) is 0. The molecule has 3 heteroatoms. The van der Waals surface area contributed by atoms with Crippen LogP contribution in [-0.4, -0.2) is 15.2 Å². The molecule has 0 aliphatic rings. The summed E-state index contributed by atoms with van der Waals surface area (Å²) in [6, 6.07) is 0. The summed E-state index contributed by atoms with van der Waals surface area (Å²) >= 11 is 0. The van der Waals surface area contributed by atoms with E-state index in [4.69, 9.17) is 10.2 Å². The Balaban J connectivity index is 3.33. The van der Waals surface area contributed by atoms with Gasteiger partial charge in [0.05, 0.1) is 0 Å². The minimum Gasteiger partial charge on any atom is -0.494 e. The number of aromatic amines is 1. The summed E-state index contributed by atoms with van der Waals surface area (Å²) in [4.78, 5) is 2.37. The van der Waals surface area contributed by atoms with Gasteiger partial charge in [-0.1, -0.05) is 12.7 Å². The highest BCUT2D eigenvalue weighted by Gasteiger charge is 2.08. The van der Waals surface area contributed by atoms with Gasteiger partial charge in [0, 0.05) is 11.1 Å². The van der Waals surface area contributed by atoms with Crippen LogP contribution in [0.4, 0.5) is 0 Å². The summed E-state index contributed by atoms with van der Waals surface area (Å²) in [5, 5.41) is 18.0. The van der Waals surface area contributed by atoms with Gasteiger partial charge in [0.15, 0.2) is 11.8 Å². The van der Waals surface area contributed by atoms with Gasteiger partial charge in [0.2, 0.25) is 0 Å². The lowest BCUT2D eigenvalue weighted by Crippen LogP contribution is -1.69. The largest absolute Gasteiger partial charge is 0.494 e. The molecular weight excluding hydrogens is 130 g/mol. The van der Waals surface area contributed by atoms with Crippen molar-refractivity contribution < 1.29 is 10.2 Å². The Labute approximate surface area is 58.6 Å². The second-order valence-electron chi connectivity index (χ2n) is 2.07. The van der Waals surface area contributed by atoms with Crippen molar-refractivity contribution >= 4 is 6.08 Å². The second kappa shape index (κ2) is 2.10. The highest BCUT2D eigenvalue weighted by atomic mass is 16.3. The molecule has 1 heterocycles. The fourth-order valence-electron chi connectivity index (χ4n) is 0.828. The zero-order chi connectivity index (χ0) is 7.72. The Hall–Kier alpha value is -1.38. The van der Waals surface area contributed by atoms with E-state index in [-0.39, 0.29) is 11.8 Å². The van der Waals surface area contributed by atoms with Crippen molar-refractivity contribution in [1.29, 1.82) is 0 Å². The molecule has 1 rings (SSSR count). The average Bonchev–Trinajstić information content (AvgIpc) is 2.09. The standard InChI is InChI=1S/C7H9NO2/c1-3-5-4(2)6(9)8-7(5)10/h3,8-10H,1H2,2H3. The maximum absolute atomic E-state index is 9.03. The van der Waals surface area contributed by atoms with Gasteiger partial charge in [-0.3, -0.25) is 4.98 Å². The van der Waals surface area contributed by atoms with Crippen molar-refractivity contribution in [2.45, 2.75) is 6.92 Å². The molecule has 0 aliphatic heterocycles. The monoisotopic (exact) mass is 139 g/mol. The van der Waals surface area contributed by atoms with Crippen molar-refractivity contribution in [2.75, 3.05) is 0 Å². The summed E-state index contributed by atoms with van der Waals surface area (Å²) in [5.41, 5.74) is 1.17. The Kier molecular flexibility index (Phi) is 1.41. The molecular formula is C7H9NO2. The number of aromatic hydroxyl groups is 2. The van der Waals surface area contributed by atoms with Crippen LogP contribution in [-0.2, 0) is 0 Å². The number of rotatable bonds is 1. The first-order chi connectivity index (χ1) is 4.66. The third-order valence-electron chi connectivity index (χ3n) is 1.46. The number of H-pyrrole nitrogens is 1. The average molecular weight is 139 g/mol. The molecule has 0 saturated heterocycles. The number of nitrogens with one attached hydrogen (secondary N) is 1. The third kappa shape index (κ3) is 0.757. The van der Waals surface area contributed by atoms with E-state index in [1.54, 1.807) is 6.92 Å². The predicted octanol–water partition coefficient (Wildman–Crippen LogP) is 1.38. The SMILES string of the molecule is C=Cc1c(O)[nH]c(O)c1C. The maximum Gasteiger partial charge on any atom is 0.198 e. The van der Waals surface area contributed by atoms with Crippen LogP contribution in [0.1, 0.15) is 11.1 Å². The van der Waals surface area contributed by atoms with Crippen LogP contribution in [0.2, 0.25) is 0 Å². The smallest absolute Gasteiger partial charge is 0.198 e. The molecule has 10 heavy (non-hydrogen) atoms. The normalized spacial score (nSPS) is 9.70. The zero-order valence-electron chi connectivity index (χ0n) is 5.68. The van der Waals surface area contributed by atoms with E-state index in [2.05, 4.69) is 11.6 Å². The Bertz CT molecular complexity index is 263. The quantitative estimate of drug-likeness (QED) is 0.550. The molecule has 0 saturated carbocycles. The first-order valence-electron chi connectivity index (χ1n) is 2.89. The number of hydrogen-bond acceptors (Lipinski definition) is 2. The lowest BCUT2D eigenvalue weighted by molar-refractivity contribution is 0.424. The van der Waals surface area contributed by atoms with E-state index in [1.807, 2.05) is 0 Å². The van der Waals surface area contributed by atoms with E-state index in [1.165, 1.54) is 6.08 Å². The summed E-state index contributed by atoms with van der Waals surface area (Å²) in [5.74, 6) is -0.0441. The fraction of sp³-hybridized carbons (Fsp3) is 0.143. The first-order valence-corrected chi connectivity index (χ1v) is 2.89. The zero-order valence-corrected chi connectivity index (χ0v) is 5.68. The molecule has 0 spiro atoms. The molecule has 0 bridgehead atoms. The second-order valence-corrected chi connectivity index (χ2v) is 2.07. The van der Waals surface area contributed by atoms with E-state index in [0.29, 0.717) is 11.1 Å². The van der Waals surface area contributed by atoms with Crippen molar-refractivity contribution in [1.82, 2.24) is 4.98 Å². The number of hydrogen-bond donors (Lipinski definition) is 3. The van der Waals surface area contributed by atoms with Crippen LogP contribution in [0, 0.1) is 6.92 Å². The molecule has 0 aromatic carbocycles. The molecule has 0 fully saturated rings. The summed E-state index contributed by atoms with van der Waals surface area (Å²) in [6.07, 6.45) is 1.49. The predicted molar refractivity (Wildman–Crippen MR) is 39.0 cm³/mol. The van der Waals surface area contributed by atoms with Crippen LogP contribution >= 0.6 is 0 Å². The molecule has 3 N–H and O–H groups in total. The van der Waals surface area contributed by atoms with Crippen LogP contribution in [0.25, 0.3) is 6.08 Å². The van der Waals surface area contributed by atoms with Crippen LogP contribution < -0.4 is 0 Å². The van der Waals surface area contributed by atoms with Gasteiger partial charge < -0.3 is 10.2 Å². The van der Waals surface area contributed by atoms with Crippen LogP contribution in [0.15, 0.2) is 6.58 Å². The maximum atomic E-state index is 9.03. The van der Waals surface area contributed by atoms with E-state index < -0.39 is 0 Å². The van der Waals surface area contributed by atoms with E-state index in [9.17, 15) is 0 Å². The molecule has 0 atom stereocenters. The van der Waals surface area contributed by atoms with E-state index >= 15 is 0 Å².